The minimum atomic E-state index is -2.70. The first-order valence-corrected chi connectivity index (χ1v) is 16.7. The van der Waals surface area contributed by atoms with Crippen molar-refractivity contribution in [3.63, 3.8) is 0 Å². The summed E-state index contributed by atoms with van der Waals surface area (Å²) < 4.78 is 23.6. The van der Waals surface area contributed by atoms with Crippen molar-refractivity contribution in [2.75, 3.05) is 19.8 Å². The van der Waals surface area contributed by atoms with Gasteiger partial charge in [-0.1, -0.05) is 24.8 Å². The molecule has 11 heteroatoms. The molecule has 4 aromatic rings. The van der Waals surface area contributed by atoms with Crippen molar-refractivity contribution in [1.82, 2.24) is 15.0 Å². The molecule has 0 aliphatic carbocycles. The summed E-state index contributed by atoms with van der Waals surface area (Å²) >= 11 is 0. The normalized spacial score (nSPS) is 11.8. The molecule has 0 amide bonds. The lowest BCUT2D eigenvalue weighted by Gasteiger charge is -2.25. The average molecular weight is 604 g/mol. The zero-order valence-electron chi connectivity index (χ0n) is 25.1. The molecule has 0 unspecified atom stereocenters. The van der Waals surface area contributed by atoms with Crippen molar-refractivity contribution in [2.45, 2.75) is 45.9 Å². The fourth-order valence-corrected chi connectivity index (χ4v) is 5.45. The standard InChI is InChI=1S/C32H37N3O7Si/c1-22(2)31(37)40-18-17-23-11-16-29(28(21-23)35-33-26-9-7-8-10-27(26)34-35)42-43(5,6)41-20-19-39-25-14-12-24(13-15-25)30(36)32(3,4)38/h7-16,21,38H,1,17-20H2,2-6H3. The van der Waals surface area contributed by atoms with Gasteiger partial charge >= 0.3 is 14.5 Å². The number of rotatable bonds is 14. The molecule has 0 atom stereocenters. The zero-order valence-corrected chi connectivity index (χ0v) is 26.1. The molecule has 1 heterocycles. The van der Waals surface area contributed by atoms with E-state index in [1.54, 1.807) is 36.0 Å². The molecule has 0 fully saturated rings. The number of benzene rings is 3. The lowest BCUT2D eigenvalue weighted by Crippen LogP contribution is -2.40. The van der Waals surface area contributed by atoms with Gasteiger partial charge in [0.15, 0.2) is 5.78 Å². The SMILES string of the molecule is C=C(C)C(=O)OCCc1ccc(O[Si](C)(C)OCCOc2ccc(C(=O)C(C)(C)O)cc2)c(-n2nc3ccccc3n2)c1. The Morgan fingerprint density at radius 1 is 0.953 bits per heavy atom. The zero-order chi connectivity index (χ0) is 31.2. The van der Waals surface area contributed by atoms with Gasteiger partial charge in [0.1, 0.15) is 40.4 Å². The molecule has 0 aliphatic rings. The highest BCUT2D eigenvalue weighted by molar-refractivity contribution is 6.65. The third-order valence-corrected chi connectivity index (χ3v) is 7.94. The van der Waals surface area contributed by atoms with Crippen LogP contribution in [0.1, 0.15) is 36.7 Å². The van der Waals surface area contributed by atoms with Gasteiger partial charge in [-0.25, -0.2) is 4.79 Å². The predicted molar refractivity (Wildman–Crippen MR) is 165 cm³/mol. The highest BCUT2D eigenvalue weighted by Crippen LogP contribution is 2.28. The van der Waals surface area contributed by atoms with E-state index >= 15 is 0 Å². The van der Waals surface area contributed by atoms with E-state index in [-0.39, 0.29) is 25.6 Å². The summed E-state index contributed by atoms with van der Waals surface area (Å²) in [5, 5.41) is 19.2. The summed E-state index contributed by atoms with van der Waals surface area (Å²) in [6.07, 6.45) is 0.495. The first-order chi connectivity index (χ1) is 20.3. The lowest BCUT2D eigenvalue weighted by molar-refractivity contribution is -0.138. The summed E-state index contributed by atoms with van der Waals surface area (Å²) in [5.74, 6) is 0.365. The van der Waals surface area contributed by atoms with Gasteiger partial charge in [0.05, 0.1) is 13.2 Å². The maximum Gasteiger partial charge on any atom is 0.392 e. The number of esters is 1. The Morgan fingerprint density at radius 3 is 2.21 bits per heavy atom. The number of nitrogens with zero attached hydrogens (tertiary/aromatic N) is 3. The van der Waals surface area contributed by atoms with E-state index in [4.69, 9.17) is 18.3 Å². The van der Waals surface area contributed by atoms with Crippen LogP contribution in [0, 0.1) is 0 Å². The van der Waals surface area contributed by atoms with Crippen LogP contribution >= 0.6 is 0 Å². The summed E-state index contributed by atoms with van der Waals surface area (Å²) in [7, 11) is -2.70. The second-order valence-corrected chi connectivity index (χ2v) is 14.4. The van der Waals surface area contributed by atoms with Gasteiger partial charge in [0.2, 0.25) is 0 Å². The van der Waals surface area contributed by atoms with Gasteiger partial charge in [0, 0.05) is 17.6 Å². The van der Waals surface area contributed by atoms with Gasteiger partial charge in [-0.15, -0.1) is 15.0 Å². The Hall–Kier alpha value is -4.32. The van der Waals surface area contributed by atoms with Crippen molar-refractivity contribution in [3.8, 4) is 17.2 Å². The molecule has 3 aromatic carbocycles. The summed E-state index contributed by atoms with van der Waals surface area (Å²) in [5.41, 5.74) is 2.38. The second-order valence-electron chi connectivity index (χ2n) is 11.1. The number of carbonyl (C=O) groups excluding carboxylic acids is 2. The van der Waals surface area contributed by atoms with Crippen LogP contribution in [0.5, 0.6) is 11.5 Å². The van der Waals surface area contributed by atoms with Crippen LogP contribution in [0.15, 0.2) is 78.9 Å². The predicted octanol–water partition coefficient (Wildman–Crippen LogP) is 5.21. The molecule has 0 spiro atoms. The lowest BCUT2D eigenvalue weighted by atomic mass is 9.97. The Balaban J connectivity index is 1.42. The van der Waals surface area contributed by atoms with Gasteiger partial charge in [-0.3, -0.25) is 4.79 Å². The van der Waals surface area contributed by atoms with E-state index in [1.165, 1.54) is 13.8 Å². The van der Waals surface area contributed by atoms with Gasteiger partial charge in [-0.2, -0.15) is 0 Å². The number of aromatic nitrogens is 3. The minimum Gasteiger partial charge on any atom is -0.519 e. The minimum absolute atomic E-state index is 0.210. The first kappa shape index (κ1) is 31.6. The van der Waals surface area contributed by atoms with Crippen molar-refractivity contribution in [1.29, 1.82) is 0 Å². The smallest absolute Gasteiger partial charge is 0.392 e. The van der Waals surface area contributed by atoms with E-state index < -0.39 is 20.1 Å². The molecule has 1 aromatic heterocycles. The van der Waals surface area contributed by atoms with Crippen molar-refractivity contribution in [2.24, 2.45) is 0 Å². The van der Waals surface area contributed by atoms with E-state index in [0.29, 0.717) is 34.7 Å². The first-order valence-electron chi connectivity index (χ1n) is 13.9. The molecule has 226 valence electrons. The van der Waals surface area contributed by atoms with Crippen LogP contribution in [0.4, 0.5) is 0 Å². The molecule has 4 rings (SSSR count). The molecular weight excluding hydrogens is 566 g/mol. The topological polar surface area (TPSA) is 122 Å². The monoisotopic (exact) mass is 603 g/mol. The third kappa shape index (κ3) is 8.60. The molecular formula is C32H37N3O7Si. The van der Waals surface area contributed by atoms with Crippen LogP contribution in [0.25, 0.3) is 16.7 Å². The van der Waals surface area contributed by atoms with Crippen LogP contribution < -0.4 is 9.16 Å². The van der Waals surface area contributed by atoms with Crippen LogP contribution in [0.3, 0.4) is 0 Å². The fourth-order valence-electron chi connectivity index (χ4n) is 4.11. The Labute approximate surface area is 252 Å². The summed E-state index contributed by atoms with van der Waals surface area (Å²) in [4.78, 5) is 25.6. The molecule has 0 saturated carbocycles. The van der Waals surface area contributed by atoms with Crippen LogP contribution in [-0.4, -0.2) is 65.8 Å². The Bertz CT molecular complexity index is 1570. The number of ether oxygens (including phenoxy) is 2. The maximum atomic E-state index is 12.2. The average Bonchev–Trinajstić information content (AvgIpc) is 3.39. The molecule has 0 saturated heterocycles. The van der Waals surface area contributed by atoms with Crippen LogP contribution in [0.2, 0.25) is 13.1 Å². The Morgan fingerprint density at radius 2 is 1.60 bits per heavy atom. The quantitative estimate of drug-likeness (QED) is 0.0680. The number of hydrogen-bond acceptors (Lipinski definition) is 9. The molecule has 10 nitrogen and oxygen atoms in total. The summed E-state index contributed by atoms with van der Waals surface area (Å²) in [6.45, 7) is 12.8. The van der Waals surface area contributed by atoms with Crippen molar-refractivity contribution >= 4 is 31.3 Å². The van der Waals surface area contributed by atoms with E-state index in [2.05, 4.69) is 16.8 Å². The summed E-state index contributed by atoms with van der Waals surface area (Å²) in [6, 6.07) is 19.9. The molecule has 0 aliphatic heterocycles. The number of carbonyl (C=O) groups is 2. The van der Waals surface area contributed by atoms with Crippen molar-refractivity contribution < 1.29 is 33.0 Å². The van der Waals surface area contributed by atoms with Crippen molar-refractivity contribution in [3.05, 3.63) is 90.0 Å². The molecule has 0 radical (unpaired) electrons. The Kier molecular flexibility index (Phi) is 9.79. The maximum absolute atomic E-state index is 12.2. The van der Waals surface area contributed by atoms with Crippen LogP contribution in [-0.2, 0) is 20.4 Å². The largest absolute Gasteiger partial charge is 0.519 e. The molecule has 43 heavy (non-hydrogen) atoms. The number of ketones is 1. The highest BCUT2D eigenvalue weighted by atomic mass is 28.4. The van der Waals surface area contributed by atoms with E-state index in [1.807, 2.05) is 55.6 Å². The van der Waals surface area contributed by atoms with Gasteiger partial charge < -0.3 is 23.4 Å². The molecule has 1 N–H and O–H groups in total. The van der Waals surface area contributed by atoms with Gasteiger partial charge in [0.25, 0.3) is 0 Å². The fraction of sp³-hybridized carbons (Fsp3) is 0.312. The highest BCUT2D eigenvalue weighted by Gasteiger charge is 2.29. The van der Waals surface area contributed by atoms with Gasteiger partial charge in [-0.05, 0) is 88.0 Å². The number of aliphatic hydroxyl groups is 1. The molecule has 0 bridgehead atoms. The number of hydrogen-bond donors (Lipinski definition) is 1. The third-order valence-electron chi connectivity index (χ3n) is 6.33. The number of fused-ring (bicyclic) bond motifs is 1. The second kappa shape index (κ2) is 13.3. The van der Waals surface area contributed by atoms with E-state index in [9.17, 15) is 14.7 Å². The van der Waals surface area contributed by atoms with E-state index in [0.717, 1.165) is 16.6 Å². The number of Topliss-reactive ketones (excluding diaryl/α,β-unsaturated/α-hetero) is 1.